The molecule has 1 heterocycles. The summed E-state index contributed by atoms with van der Waals surface area (Å²) in [6.07, 6.45) is 0. The number of nitrogen functional groups attached to an aromatic ring is 1. The average molecular weight is 278 g/mol. The Labute approximate surface area is 115 Å². The lowest BCUT2D eigenvalue weighted by Crippen LogP contribution is -2.14. The van der Waals surface area contributed by atoms with Crippen LogP contribution >= 0.6 is 11.6 Å². The van der Waals surface area contributed by atoms with Crippen LogP contribution in [0.4, 0.5) is 11.5 Å². The third kappa shape index (κ3) is 3.14. The second-order valence-corrected chi connectivity index (χ2v) is 4.16. The van der Waals surface area contributed by atoms with Gasteiger partial charge in [-0.3, -0.25) is 4.79 Å². The van der Waals surface area contributed by atoms with Gasteiger partial charge in [0.15, 0.2) is 0 Å². The van der Waals surface area contributed by atoms with Gasteiger partial charge in [-0.2, -0.15) is 0 Å². The molecule has 5 nitrogen and oxygen atoms in total. The summed E-state index contributed by atoms with van der Waals surface area (Å²) >= 11 is 5.97. The number of rotatable bonds is 3. The van der Waals surface area contributed by atoms with E-state index < -0.39 is 0 Å². The van der Waals surface area contributed by atoms with Crippen LogP contribution in [0, 0.1) is 0 Å². The van der Waals surface area contributed by atoms with E-state index in [9.17, 15) is 4.79 Å². The molecule has 1 amide bonds. The molecule has 0 unspecified atom stereocenters. The first-order valence-electron chi connectivity index (χ1n) is 5.47. The Morgan fingerprint density at radius 3 is 2.79 bits per heavy atom. The van der Waals surface area contributed by atoms with Gasteiger partial charge in [0.05, 0.1) is 12.1 Å². The number of halogens is 1. The number of hydrogen-bond donors (Lipinski definition) is 2. The Bertz CT molecular complexity index is 617. The Morgan fingerprint density at radius 1 is 1.37 bits per heavy atom. The van der Waals surface area contributed by atoms with Crippen LogP contribution in [0.3, 0.4) is 0 Å². The Morgan fingerprint density at radius 2 is 2.16 bits per heavy atom. The van der Waals surface area contributed by atoms with Crippen molar-refractivity contribution in [2.75, 3.05) is 18.2 Å². The number of aromatic nitrogens is 1. The molecule has 0 saturated carbocycles. The topological polar surface area (TPSA) is 77.2 Å². The van der Waals surface area contributed by atoms with E-state index in [2.05, 4.69) is 10.3 Å². The van der Waals surface area contributed by atoms with Crippen molar-refractivity contribution in [3.8, 4) is 5.75 Å². The molecule has 0 bridgehead atoms. The standard InChI is InChI=1S/C13H12ClN3O2/c1-19-11-6-5-8(7-9(11)14)16-13(18)10-3-2-4-12(15)17-10/h2-7H,1H3,(H2,15,17)(H,16,18). The summed E-state index contributed by atoms with van der Waals surface area (Å²) in [7, 11) is 1.52. The molecule has 0 aliphatic carbocycles. The number of anilines is 2. The molecule has 3 N–H and O–H groups in total. The molecule has 2 aromatic rings. The molecule has 0 fully saturated rings. The fraction of sp³-hybridized carbons (Fsp3) is 0.0769. The number of amides is 1. The smallest absolute Gasteiger partial charge is 0.274 e. The molecular weight excluding hydrogens is 266 g/mol. The third-order valence-electron chi connectivity index (χ3n) is 2.41. The maximum absolute atomic E-state index is 11.9. The van der Waals surface area contributed by atoms with Gasteiger partial charge in [0, 0.05) is 5.69 Å². The van der Waals surface area contributed by atoms with Crippen LogP contribution in [-0.2, 0) is 0 Å². The zero-order chi connectivity index (χ0) is 13.8. The van der Waals surface area contributed by atoms with E-state index in [1.54, 1.807) is 36.4 Å². The van der Waals surface area contributed by atoms with E-state index in [1.165, 1.54) is 7.11 Å². The van der Waals surface area contributed by atoms with Crippen molar-refractivity contribution < 1.29 is 9.53 Å². The van der Waals surface area contributed by atoms with Crippen LogP contribution in [0.5, 0.6) is 5.75 Å². The molecule has 0 atom stereocenters. The molecule has 0 spiro atoms. The highest BCUT2D eigenvalue weighted by Gasteiger charge is 2.09. The van der Waals surface area contributed by atoms with E-state index in [1.807, 2.05) is 0 Å². The van der Waals surface area contributed by atoms with Crippen LogP contribution in [0.25, 0.3) is 0 Å². The van der Waals surface area contributed by atoms with Crippen LogP contribution in [0.1, 0.15) is 10.5 Å². The largest absolute Gasteiger partial charge is 0.495 e. The van der Waals surface area contributed by atoms with Gasteiger partial charge in [0.2, 0.25) is 0 Å². The number of nitrogens with zero attached hydrogens (tertiary/aromatic N) is 1. The first-order chi connectivity index (χ1) is 9.10. The van der Waals surface area contributed by atoms with Gasteiger partial charge in [-0.25, -0.2) is 4.98 Å². The number of carbonyl (C=O) groups excluding carboxylic acids is 1. The predicted molar refractivity (Wildman–Crippen MR) is 74.6 cm³/mol. The third-order valence-corrected chi connectivity index (χ3v) is 2.71. The highest BCUT2D eigenvalue weighted by Crippen LogP contribution is 2.27. The van der Waals surface area contributed by atoms with Crippen molar-refractivity contribution in [2.45, 2.75) is 0 Å². The summed E-state index contributed by atoms with van der Waals surface area (Å²) in [6, 6.07) is 9.82. The monoisotopic (exact) mass is 277 g/mol. The van der Waals surface area contributed by atoms with E-state index >= 15 is 0 Å². The lowest BCUT2D eigenvalue weighted by atomic mass is 10.2. The summed E-state index contributed by atoms with van der Waals surface area (Å²) in [6.45, 7) is 0. The highest BCUT2D eigenvalue weighted by atomic mass is 35.5. The van der Waals surface area contributed by atoms with Gasteiger partial charge < -0.3 is 15.8 Å². The van der Waals surface area contributed by atoms with Gasteiger partial charge in [0.1, 0.15) is 17.3 Å². The second-order valence-electron chi connectivity index (χ2n) is 3.75. The summed E-state index contributed by atoms with van der Waals surface area (Å²) < 4.78 is 5.03. The minimum Gasteiger partial charge on any atom is -0.495 e. The molecule has 0 aliphatic rings. The summed E-state index contributed by atoms with van der Waals surface area (Å²) in [5.41, 5.74) is 6.32. The van der Waals surface area contributed by atoms with Crippen molar-refractivity contribution >= 4 is 29.0 Å². The molecule has 1 aromatic carbocycles. The molecule has 6 heteroatoms. The number of methoxy groups -OCH3 is 1. The van der Waals surface area contributed by atoms with Crippen LogP contribution in [0.15, 0.2) is 36.4 Å². The molecule has 0 saturated heterocycles. The van der Waals surface area contributed by atoms with Crippen molar-refractivity contribution in [3.05, 3.63) is 47.1 Å². The molecule has 0 radical (unpaired) electrons. The van der Waals surface area contributed by atoms with Gasteiger partial charge in [-0.15, -0.1) is 0 Å². The van der Waals surface area contributed by atoms with Crippen LogP contribution in [-0.4, -0.2) is 18.0 Å². The average Bonchev–Trinajstić information content (AvgIpc) is 2.39. The van der Waals surface area contributed by atoms with Gasteiger partial charge in [-0.05, 0) is 30.3 Å². The summed E-state index contributed by atoms with van der Waals surface area (Å²) in [5, 5.41) is 3.10. The van der Waals surface area contributed by atoms with Crippen molar-refractivity contribution in [2.24, 2.45) is 0 Å². The zero-order valence-corrected chi connectivity index (χ0v) is 10.9. The van der Waals surface area contributed by atoms with Crippen molar-refractivity contribution in [1.29, 1.82) is 0 Å². The fourth-order valence-corrected chi connectivity index (χ4v) is 1.77. The Balaban J connectivity index is 2.17. The minimum atomic E-state index is -0.353. The molecule has 98 valence electrons. The highest BCUT2D eigenvalue weighted by molar-refractivity contribution is 6.32. The van der Waals surface area contributed by atoms with E-state index in [-0.39, 0.29) is 11.6 Å². The summed E-state index contributed by atoms with van der Waals surface area (Å²) in [4.78, 5) is 15.9. The molecule has 1 aromatic heterocycles. The van der Waals surface area contributed by atoms with Crippen molar-refractivity contribution in [3.63, 3.8) is 0 Å². The lowest BCUT2D eigenvalue weighted by molar-refractivity contribution is 0.102. The maximum atomic E-state index is 11.9. The minimum absolute atomic E-state index is 0.243. The summed E-state index contributed by atoms with van der Waals surface area (Å²) in [5.74, 6) is 0.482. The molecule has 0 aliphatic heterocycles. The Hall–Kier alpha value is -2.27. The number of carbonyl (C=O) groups is 1. The number of nitrogens with one attached hydrogen (secondary N) is 1. The second kappa shape index (κ2) is 5.58. The molecule has 19 heavy (non-hydrogen) atoms. The zero-order valence-electron chi connectivity index (χ0n) is 10.2. The molecular formula is C13H12ClN3O2. The van der Waals surface area contributed by atoms with Crippen LogP contribution in [0.2, 0.25) is 5.02 Å². The lowest BCUT2D eigenvalue weighted by Gasteiger charge is -2.08. The number of hydrogen-bond acceptors (Lipinski definition) is 4. The Kier molecular flexibility index (Phi) is 3.87. The number of nitrogens with two attached hydrogens (primary N) is 1. The quantitative estimate of drug-likeness (QED) is 0.904. The maximum Gasteiger partial charge on any atom is 0.274 e. The fourth-order valence-electron chi connectivity index (χ4n) is 1.52. The van der Waals surface area contributed by atoms with Gasteiger partial charge in [-0.1, -0.05) is 17.7 Å². The number of pyridine rings is 1. The van der Waals surface area contributed by atoms with E-state index in [4.69, 9.17) is 22.1 Å². The number of ether oxygens (including phenoxy) is 1. The first-order valence-corrected chi connectivity index (χ1v) is 5.85. The van der Waals surface area contributed by atoms with E-state index in [0.717, 1.165) is 0 Å². The van der Waals surface area contributed by atoms with E-state index in [0.29, 0.717) is 22.3 Å². The first kappa shape index (κ1) is 13.2. The normalized spacial score (nSPS) is 10.0. The van der Waals surface area contributed by atoms with Gasteiger partial charge in [0.25, 0.3) is 5.91 Å². The van der Waals surface area contributed by atoms with Crippen molar-refractivity contribution in [1.82, 2.24) is 4.98 Å². The number of benzene rings is 1. The van der Waals surface area contributed by atoms with Gasteiger partial charge >= 0.3 is 0 Å². The SMILES string of the molecule is COc1ccc(NC(=O)c2cccc(N)n2)cc1Cl. The van der Waals surface area contributed by atoms with Crippen LogP contribution < -0.4 is 15.8 Å². The predicted octanol–water partition coefficient (Wildman–Crippen LogP) is 2.58. The molecule has 2 rings (SSSR count).